The van der Waals surface area contributed by atoms with Crippen molar-refractivity contribution in [3.8, 4) is 0 Å². The van der Waals surface area contributed by atoms with Gasteiger partial charge < -0.3 is 14.7 Å². The van der Waals surface area contributed by atoms with Crippen LogP contribution in [0.2, 0.25) is 0 Å². The zero-order chi connectivity index (χ0) is 4.50. The van der Waals surface area contributed by atoms with E-state index in [9.17, 15) is 0 Å². The van der Waals surface area contributed by atoms with Gasteiger partial charge in [0.05, 0.1) is 0 Å². The van der Waals surface area contributed by atoms with Gasteiger partial charge >= 0.3 is 7.82 Å². The van der Waals surface area contributed by atoms with Crippen LogP contribution in [0.3, 0.4) is 0 Å². The van der Waals surface area contributed by atoms with Gasteiger partial charge in [-0.1, -0.05) is 0 Å². The first kappa shape index (κ1) is 9.49. The van der Waals surface area contributed by atoms with Crippen molar-refractivity contribution in [2.75, 3.05) is 0 Å². The number of hydrogen-bond acceptors (Lipinski definition) is 1. The minimum absolute atomic E-state index is 0. The summed E-state index contributed by atoms with van der Waals surface area (Å²) in [6.07, 6.45) is 0. The summed E-state index contributed by atoms with van der Waals surface area (Å²) in [5, 5.41) is 0. The molecule has 0 bridgehead atoms. The van der Waals surface area contributed by atoms with Crippen LogP contribution in [0.15, 0.2) is 0 Å². The van der Waals surface area contributed by atoms with E-state index >= 15 is 0 Å². The molecule has 0 fully saturated rings. The summed E-state index contributed by atoms with van der Waals surface area (Å²) >= 11 is 0. The zero-order valence-corrected chi connectivity index (χ0v) is 3.67. The van der Waals surface area contributed by atoms with Crippen LogP contribution in [0, 0.1) is 0 Å². The van der Waals surface area contributed by atoms with Crippen molar-refractivity contribution in [2.24, 2.45) is 0 Å². The van der Waals surface area contributed by atoms with Crippen molar-refractivity contribution in [2.45, 2.75) is 0 Å². The molecule has 0 spiro atoms. The molecule has 3 N–H and O–H groups in total. The third-order valence-corrected chi connectivity index (χ3v) is 0. The minimum atomic E-state index is -4.64. The summed E-state index contributed by atoms with van der Waals surface area (Å²) in [6.45, 7) is 0. The van der Waals surface area contributed by atoms with Crippen molar-refractivity contribution in [3.63, 3.8) is 0 Å². The van der Waals surface area contributed by atoms with Crippen LogP contribution in [0.25, 0.3) is 0 Å². The quantitative estimate of drug-likeness (QED) is 0.266. The molecule has 0 aliphatic heterocycles. The van der Waals surface area contributed by atoms with Crippen molar-refractivity contribution in [1.82, 2.24) is 0 Å². The lowest BCUT2D eigenvalue weighted by atomic mass is 10.8. The first-order valence-corrected chi connectivity index (χ1v) is 2.35. The molecule has 0 saturated carbocycles. The number of hydrogen-bond donors (Lipinski definition) is 3. The molecule has 6 heteroatoms. The highest BCUT2D eigenvalue weighted by atomic mass is 31.2. The molecule has 4 nitrogen and oxygen atoms in total. The molecular weight excluding hydrogens is 106 g/mol. The fourth-order valence-corrected chi connectivity index (χ4v) is 0. The predicted octanol–water partition coefficient (Wildman–Crippen LogP) is -1.31. The summed E-state index contributed by atoms with van der Waals surface area (Å²) in [5.41, 5.74) is 0. The Bertz CT molecular complexity index is 53.7. The SMILES string of the molecule is O=P(O)(O)O.[B]. The highest BCUT2D eigenvalue weighted by molar-refractivity contribution is 7.45. The third-order valence-electron chi connectivity index (χ3n) is 0. The minimum Gasteiger partial charge on any atom is -0.303 e. The second kappa shape index (κ2) is 2.37. The smallest absolute Gasteiger partial charge is 0.303 e. The van der Waals surface area contributed by atoms with E-state index in [4.69, 9.17) is 19.2 Å². The molecule has 0 unspecified atom stereocenters. The molecule has 0 saturated heterocycles. The second-order valence-electron chi connectivity index (χ2n) is 0.513. The summed E-state index contributed by atoms with van der Waals surface area (Å²) < 4.78 is 8.88. The van der Waals surface area contributed by atoms with Crippen LogP contribution >= 0.6 is 7.82 Å². The van der Waals surface area contributed by atoms with E-state index in [0.29, 0.717) is 0 Å². The monoisotopic (exact) mass is 109 g/mol. The first-order valence-electron chi connectivity index (χ1n) is 0.783. The maximum Gasteiger partial charge on any atom is 0.466 e. The molecule has 6 heavy (non-hydrogen) atoms. The van der Waals surface area contributed by atoms with Crippen LogP contribution in [0.5, 0.6) is 0 Å². The van der Waals surface area contributed by atoms with Crippen LogP contribution in [-0.4, -0.2) is 23.1 Å². The Hall–Kier alpha value is 0.175. The Morgan fingerprint density at radius 2 is 1.17 bits per heavy atom. The summed E-state index contributed by atoms with van der Waals surface area (Å²) in [6, 6.07) is 0. The normalized spacial score (nSPS) is 9.83. The second-order valence-corrected chi connectivity index (χ2v) is 1.54. The molecule has 0 aliphatic rings. The lowest BCUT2D eigenvalue weighted by Crippen LogP contribution is -1.66. The predicted molar refractivity (Wildman–Crippen MR) is 20.0 cm³/mol. The molecular formula is H3BO4P. The van der Waals surface area contributed by atoms with E-state index in [-0.39, 0.29) is 8.41 Å². The fraction of sp³-hybridized carbons (Fsp3) is 0. The summed E-state index contributed by atoms with van der Waals surface area (Å²) in [4.78, 5) is 21.6. The molecule has 0 heterocycles. The van der Waals surface area contributed by atoms with Gasteiger partial charge in [-0.05, 0) is 0 Å². The molecule has 0 amide bonds. The lowest BCUT2D eigenvalue weighted by Gasteiger charge is -1.82. The lowest BCUT2D eigenvalue weighted by molar-refractivity contribution is 0.275. The van der Waals surface area contributed by atoms with E-state index < -0.39 is 7.82 Å². The van der Waals surface area contributed by atoms with Gasteiger partial charge in [-0.3, -0.25) is 0 Å². The Kier molecular flexibility index (Phi) is 3.74. The Labute approximate surface area is 36.6 Å². The van der Waals surface area contributed by atoms with Crippen LogP contribution < -0.4 is 0 Å². The van der Waals surface area contributed by atoms with Crippen LogP contribution in [0.1, 0.15) is 0 Å². The maximum absolute atomic E-state index is 8.88. The van der Waals surface area contributed by atoms with E-state index in [1.165, 1.54) is 0 Å². The highest BCUT2D eigenvalue weighted by Crippen LogP contribution is 2.25. The van der Waals surface area contributed by atoms with Crippen molar-refractivity contribution in [3.05, 3.63) is 0 Å². The molecule has 0 aliphatic carbocycles. The molecule has 0 aromatic carbocycles. The summed E-state index contributed by atoms with van der Waals surface area (Å²) in [5.74, 6) is 0. The van der Waals surface area contributed by atoms with Gasteiger partial charge in [-0.15, -0.1) is 0 Å². The molecule has 3 radical (unpaired) electrons. The van der Waals surface area contributed by atoms with Gasteiger partial charge in [-0.2, -0.15) is 0 Å². The van der Waals surface area contributed by atoms with E-state index in [1.54, 1.807) is 0 Å². The average Bonchev–Trinajstić information content (AvgIpc) is 0.722. The zero-order valence-electron chi connectivity index (χ0n) is 2.77. The van der Waals surface area contributed by atoms with Gasteiger partial charge in [0.15, 0.2) is 0 Å². The Morgan fingerprint density at radius 1 is 1.17 bits per heavy atom. The van der Waals surface area contributed by atoms with Gasteiger partial charge in [0.2, 0.25) is 0 Å². The van der Waals surface area contributed by atoms with Gasteiger partial charge in [0.25, 0.3) is 0 Å². The highest BCUT2D eigenvalue weighted by Gasteiger charge is 2.00. The standard InChI is InChI=1S/B.H3O4P/c;1-5(2,3)4/h;(H3,1,2,3,4). The largest absolute Gasteiger partial charge is 0.466 e. The van der Waals surface area contributed by atoms with Crippen molar-refractivity contribution >= 4 is 16.2 Å². The molecule has 35 valence electrons. The van der Waals surface area contributed by atoms with Gasteiger partial charge in [0.1, 0.15) is 0 Å². The third kappa shape index (κ3) is 1380. The Morgan fingerprint density at radius 3 is 1.17 bits per heavy atom. The fourth-order valence-electron chi connectivity index (χ4n) is 0. The van der Waals surface area contributed by atoms with Crippen molar-refractivity contribution in [1.29, 1.82) is 0 Å². The van der Waals surface area contributed by atoms with Gasteiger partial charge in [-0.25, -0.2) is 4.57 Å². The maximum atomic E-state index is 8.88. The molecule has 0 aromatic heterocycles. The Balaban J connectivity index is 0. The number of rotatable bonds is 0. The average molecular weight is 109 g/mol. The van der Waals surface area contributed by atoms with E-state index in [1.807, 2.05) is 0 Å². The van der Waals surface area contributed by atoms with Crippen molar-refractivity contribution < 1.29 is 19.2 Å². The van der Waals surface area contributed by atoms with E-state index in [2.05, 4.69) is 0 Å². The summed E-state index contributed by atoms with van der Waals surface area (Å²) in [7, 11) is -4.64. The molecule has 0 aromatic rings. The molecule has 0 rings (SSSR count). The van der Waals surface area contributed by atoms with Crippen LogP contribution in [0.4, 0.5) is 0 Å². The number of phosphoric acid groups is 1. The van der Waals surface area contributed by atoms with Gasteiger partial charge in [0, 0.05) is 8.41 Å². The van der Waals surface area contributed by atoms with Crippen LogP contribution in [-0.2, 0) is 4.57 Å². The van der Waals surface area contributed by atoms with E-state index in [0.717, 1.165) is 0 Å². The first-order chi connectivity index (χ1) is 2.00. The molecule has 0 atom stereocenters. The topological polar surface area (TPSA) is 77.8 Å².